The van der Waals surface area contributed by atoms with Crippen molar-refractivity contribution in [3.8, 4) is 0 Å². The molecule has 1 N–H and O–H groups in total. The van der Waals surface area contributed by atoms with Crippen molar-refractivity contribution in [2.45, 2.75) is 26.4 Å². The predicted octanol–water partition coefficient (Wildman–Crippen LogP) is 1.15. The molecule has 1 fully saturated rings. The zero-order chi connectivity index (χ0) is 13.0. The van der Waals surface area contributed by atoms with Crippen molar-refractivity contribution in [2.75, 3.05) is 29.5 Å². The quantitative estimate of drug-likeness (QED) is 0.889. The topological polar surface area (TPSA) is 45.2 Å². The predicted molar refractivity (Wildman–Crippen MR) is 76.3 cm³/mol. The lowest BCUT2D eigenvalue weighted by molar-refractivity contribution is 0.588. The Labute approximate surface area is 111 Å². The summed E-state index contributed by atoms with van der Waals surface area (Å²) >= 11 is 0. The lowest BCUT2D eigenvalue weighted by Gasteiger charge is -2.27. The van der Waals surface area contributed by atoms with Gasteiger partial charge in [0, 0.05) is 54.2 Å². The maximum atomic E-state index is 11.3. The Morgan fingerprint density at radius 1 is 1.44 bits per heavy atom. The van der Waals surface area contributed by atoms with E-state index in [9.17, 15) is 4.21 Å². The molecule has 0 aliphatic carbocycles. The molecule has 0 aromatic carbocycles. The lowest BCUT2D eigenvalue weighted by atomic mass is 10.2. The fraction of sp³-hybridized carbons (Fsp3) is 0.615. The highest BCUT2D eigenvalue weighted by Gasteiger charge is 2.16. The molecule has 1 aliphatic rings. The van der Waals surface area contributed by atoms with Crippen LogP contribution < -0.4 is 10.2 Å². The van der Waals surface area contributed by atoms with Crippen molar-refractivity contribution in [1.82, 2.24) is 10.3 Å². The third kappa shape index (κ3) is 3.78. The summed E-state index contributed by atoms with van der Waals surface area (Å²) in [6.45, 7) is 6.85. The van der Waals surface area contributed by atoms with E-state index in [1.54, 1.807) is 0 Å². The Hall–Kier alpha value is -0.940. The molecule has 0 radical (unpaired) electrons. The summed E-state index contributed by atoms with van der Waals surface area (Å²) in [6, 6.07) is 4.66. The number of nitrogens with one attached hydrogen (secondary N) is 1. The minimum atomic E-state index is -0.631. The van der Waals surface area contributed by atoms with Crippen molar-refractivity contribution < 1.29 is 4.21 Å². The first-order chi connectivity index (χ1) is 8.65. The van der Waals surface area contributed by atoms with Gasteiger partial charge >= 0.3 is 0 Å². The molecule has 1 aromatic heterocycles. The normalized spacial score (nSPS) is 17.4. The van der Waals surface area contributed by atoms with Crippen LogP contribution in [0.3, 0.4) is 0 Å². The number of aromatic nitrogens is 1. The molecule has 0 unspecified atom stereocenters. The molecule has 5 heteroatoms. The van der Waals surface area contributed by atoms with Gasteiger partial charge in [-0.05, 0) is 17.7 Å². The number of nitrogens with zero attached hydrogens (tertiary/aromatic N) is 2. The molecule has 2 heterocycles. The summed E-state index contributed by atoms with van der Waals surface area (Å²) < 4.78 is 11.3. The Morgan fingerprint density at radius 3 is 2.83 bits per heavy atom. The molecule has 2 rings (SSSR count). The van der Waals surface area contributed by atoms with Gasteiger partial charge in [0.15, 0.2) is 0 Å². The van der Waals surface area contributed by atoms with Crippen LogP contribution in [0, 0.1) is 0 Å². The van der Waals surface area contributed by atoms with Crippen LogP contribution in [-0.4, -0.2) is 39.8 Å². The Morgan fingerprint density at radius 2 is 2.17 bits per heavy atom. The maximum Gasteiger partial charge on any atom is 0.128 e. The van der Waals surface area contributed by atoms with E-state index in [0.29, 0.717) is 6.04 Å². The average Bonchev–Trinajstić information content (AvgIpc) is 2.37. The van der Waals surface area contributed by atoms with Crippen LogP contribution >= 0.6 is 0 Å². The molecular formula is C13H21N3OS. The van der Waals surface area contributed by atoms with E-state index in [0.717, 1.165) is 37.0 Å². The first kappa shape index (κ1) is 13.5. The van der Waals surface area contributed by atoms with Crippen molar-refractivity contribution in [3.05, 3.63) is 23.9 Å². The summed E-state index contributed by atoms with van der Waals surface area (Å²) in [5.41, 5.74) is 1.25. The van der Waals surface area contributed by atoms with E-state index < -0.39 is 10.8 Å². The molecular weight excluding hydrogens is 246 g/mol. The van der Waals surface area contributed by atoms with E-state index in [1.807, 2.05) is 12.3 Å². The first-order valence-corrected chi connectivity index (χ1v) is 7.92. The Balaban J connectivity index is 2.00. The van der Waals surface area contributed by atoms with Gasteiger partial charge in [-0.15, -0.1) is 0 Å². The third-order valence-electron chi connectivity index (χ3n) is 3.03. The van der Waals surface area contributed by atoms with Crippen molar-refractivity contribution in [2.24, 2.45) is 0 Å². The molecule has 0 amide bonds. The average molecular weight is 267 g/mol. The van der Waals surface area contributed by atoms with Gasteiger partial charge in [-0.3, -0.25) is 4.21 Å². The van der Waals surface area contributed by atoms with Gasteiger partial charge < -0.3 is 10.2 Å². The van der Waals surface area contributed by atoms with E-state index >= 15 is 0 Å². The monoisotopic (exact) mass is 267 g/mol. The largest absolute Gasteiger partial charge is 0.355 e. The summed E-state index contributed by atoms with van der Waals surface area (Å²) in [5.74, 6) is 2.53. The zero-order valence-corrected chi connectivity index (χ0v) is 11.9. The van der Waals surface area contributed by atoms with E-state index in [4.69, 9.17) is 0 Å². The van der Waals surface area contributed by atoms with Crippen molar-refractivity contribution in [1.29, 1.82) is 0 Å². The van der Waals surface area contributed by atoms with Gasteiger partial charge in [-0.2, -0.15) is 0 Å². The smallest absolute Gasteiger partial charge is 0.128 e. The highest BCUT2D eigenvalue weighted by molar-refractivity contribution is 7.85. The second-order valence-corrected chi connectivity index (χ2v) is 6.59. The highest BCUT2D eigenvalue weighted by atomic mass is 32.2. The maximum absolute atomic E-state index is 11.3. The van der Waals surface area contributed by atoms with Gasteiger partial charge in [0.05, 0.1) is 0 Å². The van der Waals surface area contributed by atoms with Crippen LogP contribution in [0.1, 0.15) is 19.4 Å². The third-order valence-corrected chi connectivity index (χ3v) is 4.30. The molecule has 4 nitrogen and oxygen atoms in total. The second kappa shape index (κ2) is 6.29. The van der Waals surface area contributed by atoms with Crippen LogP contribution in [0.15, 0.2) is 18.3 Å². The van der Waals surface area contributed by atoms with Gasteiger partial charge in [0.2, 0.25) is 0 Å². The fourth-order valence-electron chi connectivity index (χ4n) is 1.93. The van der Waals surface area contributed by atoms with Crippen LogP contribution in [0.25, 0.3) is 0 Å². The van der Waals surface area contributed by atoms with E-state index in [1.165, 1.54) is 5.56 Å². The molecule has 18 heavy (non-hydrogen) atoms. The molecule has 1 aliphatic heterocycles. The molecule has 1 saturated heterocycles. The fourth-order valence-corrected chi connectivity index (χ4v) is 2.98. The van der Waals surface area contributed by atoms with Gasteiger partial charge in [-0.25, -0.2) is 4.98 Å². The minimum absolute atomic E-state index is 0.485. The van der Waals surface area contributed by atoms with E-state index in [2.05, 4.69) is 35.1 Å². The standard InChI is InChI=1S/C13H21N3OS/c1-11(2)15-10-12-3-4-14-13(9-12)16-5-7-18(17)8-6-16/h3-4,9,11,15H,5-8,10H2,1-2H3. The minimum Gasteiger partial charge on any atom is -0.355 e. The van der Waals surface area contributed by atoms with Gasteiger partial charge in [-0.1, -0.05) is 13.8 Å². The number of hydrogen-bond donors (Lipinski definition) is 1. The number of rotatable bonds is 4. The first-order valence-electron chi connectivity index (χ1n) is 6.43. The SMILES string of the molecule is CC(C)NCc1ccnc(N2CCS(=O)CC2)c1. The molecule has 0 bridgehead atoms. The number of anilines is 1. The van der Waals surface area contributed by atoms with Crippen LogP contribution in [0.2, 0.25) is 0 Å². The molecule has 0 atom stereocenters. The van der Waals surface area contributed by atoms with Crippen LogP contribution in [0.5, 0.6) is 0 Å². The Kier molecular flexibility index (Phi) is 4.72. The molecule has 0 spiro atoms. The van der Waals surface area contributed by atoms with Crippen molar-refractivity contribution >= 4 is 16.6 Å². The summed E-state index contributed by atoms with van der Waals surface area (Å²) in [4.78, 5) is 6.64. The molecule has 0 saturated carbocycles. The lowest BCUT2D eigenvalue weighted by Crippen LogP contribution is -2.38. The zero-order valence-electron chi connectivity index (χ0n) is 11.1. The van der Waals surface area contributed by atoms with Gasteiger partial charge in [0.25, 0.3) is 0 Å². The molecule has 1 aromatic rings. The van der Waals surface area contributed by atoms with E-state index in [-0.39, 0.29) is 0 Å². The van der Waals surface area contributed by atoms with Crippen LogP contribution in [0.4, 0.5) is 5.82 Å². The van der Waals surface area contributed by atoms with Crippen molar-refractivity contribution in [3.63, 3.8) is 0 Å². The Bertz CT molecular complexity index is 412. The summed E-state index contributed by atoms with van der Waals surface area (Å²) in [7, 11) is -0.631. The number of pyridine rings is 1. The highest BCUT2D eigenvalue weighted by Crippen LogP contribution is 2.15. The number of hydrogen-bond acceptors (Lipinski definition) is 4. The summed E-state index contributed by atoms with van der Waals surface area (Å²) in [6.07, 6.45) is 1.86. The molecule has 100 valence electrons. The van der Waals surface area contributed by atoms with Gasteiger partial charge in [0.1, 0.15) is 5.82 Å². The second-order valence-electron chi connectivity index (χ2n) is 4.89. The summed E-state index contributed by atoms with van der Waals surface area (Å²) in [5, 5.41) is 3.40. The van der Waals surface area contributed by atoms with Crippen LogP contribution in [-0.2, 0) is 17.3 Å².